The van der Waals surface area contributed by atoms with Crippen LogP contribution in [0.1, 0.15) is 34.6 Å². The fourth-order valence-corrected chi connectivity index (χ4v) is 1.19. The summed E-state index contributed by atoms with van der Waals surface area (Å²) in [4.78, 5) is 4.10. The van der Waals surface area contributed by atoms with Crippen LogP contribution in [0.3, 0.4) is 0 Å². The van der Waals surface area contributed by atoms with Gasteiger partial charge in [-0.1, -0.05) is 46.8 Å². The second-order valence-electron chi connectivity index (χ2n) is 5.24. The Bertz CT molecular complexity index is 329. The van der Waals surface area contributed by atoms with E-state index in [9.17, 15) is 0 Å². The molecule has 0 spiro atoms. The normalized spacial score (nSPS) is 16.8. The standard InChI is InChI=1S/C13H19N/c1-12(2,3)13(4,5)11-8-6-7-9-14-10-11/h6-8,10H,1-5H3. The Labute approximate surface area is 86.9 Å². The van der Waals surface area contributed by atoms with Crippen molar-refractivity contribution >= 4 is 5.87 Å². The van der Waals surface area contributed by atoms with Gasteiger partial charge in [0.05, 0.1) is 0 Å². The number of hydrogen-bond acceptors (Lipinski definition) is 1. The first-order valence-electron chi connectivity index (χ1n) is 5.01. The van der Waals surface area contributed by atoms with Crippen LogP contribution in [-0.2, 0) is 0 Å². The number of hydrogen-bond donors (Lipinski definition) is 0. The Morgan fingerprint density at radius 3 is 2.36 bits per heavy atom. The maximum absolute atomic E-state index is 4.10. The zero-order chi connectivity index (χ0) is 10.8. The average molecular weight is 189 g/mol. The summed E-state index contributed by atoms with van der Waals surface area (Å²) in [5.41, 5.74) is 1.60. The smallest absolute Gasteiger partial charge is 0.0405 e. The van der Waals surface area contributed by atoms with E-state index in [4.69, 9.17) is 0 Å². The van der Waals surface area contributed by atoms with Gasteiger partial charge < -0.3 is 0 Å². The number of aliphatic imine (C=N–C) groups is 1. The van der Waals surface area contributed by atoms with Crippen molar-refractivity contribution in [1.82, 2.24) is 0 Å². The van der Waals surface area contributed by atoms with Gasteiger partial charge in [-0.05, 0) is 28.3 Å². The molecule has 0 fully saturated rings. The summed E-state index contributed by atoms with van der Waals surface area (Å²) in [5.74, 6) is 2.84. The van der Waals surface area contributed by atoms with Crippen LogP contribution in [0.5, 0.6) is 0 Å². The highest BCUT2D eigenvalue weighted by molar-refractivity contribution is 5.58. The molecule has 0 N–H and O–H groups in total. The zero-order valence-electron chi connectivity index (χ0n) is 9.76. The molecule has 1 aliphatic rings. The van der Waals surface area contributed by atoms with Gasteiger partial charge in [0, 0.05) is 6.20 Å². The summed E-state index contributed by atoms with van der Waals surface area (Å²) in [6.07, 6.45) is 7.86. The molecule has 0 atom stereocenters. The molecule has 0 aromatic carbocycles. The lowest BCUT2D eigenvalue weighted by atomic mass is 9.65. The second kappa shape index (κ2) is 3.59. The quantitative estimate of drug-likeness (QED) is 0.596. The SMILES string of the molecule is CC(C)(C)C(C)(C)C1=CN=C=CC=C1. The molecule has 0 amide bonds. The van der Waals surface area contributed by atoms with Crippen molar-refractivity contribution in [2.24, 2.45) is 15.8 Å². The van der Waals surface area contributed by atoms with Gasteiger partial charge >= 0.3 is 0 Å². The molecule has 0 radical (unpaired) electrons. The minimum atomic E-state index is 0.118. The van der Waals surface area contributed by atoms with Crippen LogP contribution in [0, 0.1) is 10.8 Å². The van der Waals surface area contributed by atoms with E-state index in [1.165, 1.54) is 5.57 Å². The van der Waals surface area contributed by atoms with E-state index < -0.39 is 0 Å². The van der Waals surface area contributed by atoms with Crippen LogP contribution in [0.2, 0.25) is 0 Å². The third-order valence-corrected chi connectivity index (χ3v) is 3.32. The van der Waals surface area contributed by atoms with Crippen LogP contribution < -0.4 is 0 Å². The van der Waals surface area contributed by atoms with Gasteiger partial charge in [-0.2, -0.15) is 0 Å². The van der Waals surface area contributed by atoms with Crippen LogP contribution in [-0.4, -0.2) is 5.87 Å². The van der Waals surface area contributed by atoms with E-state index in [2.05, 4.69) is 51.6 Å². The first-order chi connectivity index (χ1) is 6.36. The molecule has 1 nitrogen and oxygen atoms in total. The van der Waals surface area contributed by atoms with Crippen LogP contribution in [0.25, 0.3) is 0 Å². The Balaban J connectivity index is 3.06. The topological polar surface area (TPSA) is 12.4 Å². The monoisotopic (exact) mass is 189 g/mol. The average Bonchev–Trinajstić information content (AvgIpc) is 2.29. The molecule has 0 saturated heterocycles. The lowest BCUT2D eigenvalue weighted by Gasteiger charge is -2.39. The molecule has 76 valence electrons. The van der Waals surface area contributed by atoms with Gasteiger partial charge in [-0.25, -0.2) is 4.99 Å². The molecular weight excluding hydrogens is 170 g/mol. The Morgan fingerprint density at radius 2 is 1.79 bits per heavy atom. The van der Waals surface area contributed by atoms with Gasteiger partial charge in [0.2, 0.25) is 0 Å². The fourth-order valence-electron chi connectivity index (χ4n) is 1.19. The zero-order valence-corrected chi connectivity index (χ0v) is 9.76. The van der Waals surface area contributed by atoms with E-state index in [-0.39, 0.29) is 10.8 Å². The molecule has 0 aliphatic carbocycles. The lowest BCUT2D eigenvalue weighted by Crippen LogP contribution is -2.31. The predicted octanol–water partition coefficient (Wildman–Crippen LogP) is 3.74. The van der Waals surface area contributed by atoms with Gasteiger partial charge in [-0.3, -0.25) is 0 Å². The van der Waals surface area contributed by atoms with Gasteiger partial charge in [-0.15, -0.1) is 0 Å². The summed E-state index contributed by atoms with van der Waals surface area (Å²) in [6.45, 7) is 11.3. The highest BCUT2D eigenvalue weighted by Crippen LogP contribution is 2.44. The Kier molecular flexibility index (Phi) is 2.82. The summed E-state index contributed by atoms with van der Waals surface area (Å²) in [5, 5.41) is 0. The fraction of sp³-hybridized carbons (Fsp3) is 0.538. The molecule has 0 unspecified atom stereocenters. The maximum atomic E-state index is 4.10. The first kappa shape index (κ1) is 11.0. The third kappa shape index (κ3) is 2.05. The molecule has 0 aromatic heterocycles. The molecule has 0 bridgehead atoms. The van der Waals surface area contributed by atoms with E-state index >= 15 is 0 Å². The van der Waals surface area contributed by atoms with Crippen molar-refractivity contribution in [3.8, 4) is 0 Å². The number of allylic oxidation sites excluding steroid dienone is 4. The molecule has 14 heavy (non-hydrogen) atoms. The van der Waals surface area contributed by atoms with Crippen LogP contribution in [0.4, 0.5) is 0 Å². The van der Waals surface area contributed by atoms with Crippen molar-refractivity contribution in [3.05, 3.63) is 30.0 Å². The van der Waals surface area contributed by atoms with E-state index in [1.54, 1.807) is 0 Å². The summed E-state index contributed by atoms with van der Waals surface area (Å²) < 4.78 is 0. The predicted molar refractivity (Wildman–Crippen MR) is 62.5 cm³/mol. The molecular formula is C13H19N. The van der Waals surface area contributed by atoms with Crippen molar-refractivity contribution in [2.75, 3.05) is 0 Å². The lowest BCUT2D eigenvalue weighted by molar-refractivity contribution is 0.181. The highest BCUT2D eigenvalue weighted by Gasteiger charge is 2.35. The Hall–Kier alpha value is -1.07. The van der Waals surface area contributed by atoms with Gasteiger partial charge in [0.25, 0.3) is 0 Å². The number of rotatable bonds is 1. The van der Waals surface area contributed by atoms with Crippen molar-refractivity contribution in [2.45, 2.75) is 34.6 Å². The summed E-state index contributed by atoms with van der Waals surface area (Å²) in [6, 6.07) is 0. The molecule has 1 heteroatoms. The molecule has 1 heterocycles. The van der Waals surface area contributed by atoms with E-state index in [0.29, 0.717) is 0 Å². The molecule has 1 rings (SSSR count). The second-order valence-corrected chi connectivity index (χ2v) is 5.24. The maximum Gasteiger partial charge on any atom is 0.0405 e. The van der Waals surface area contributed by atoms with E-state index in [0.717, 1.165) is 0 Å². The van der Waals surface area contributed by atoms with Crippen LogP contribution >= 0.6 is 0 Å². The minimum absolute atomic E-state index is 0.118. The minimum Gasteiger partial charge on any atom is -0.214 e. The largest absolute Gasteiger partial charge is 0.214 e. The summed E-state index contributed by atoms with van der Waals surface area (Å²) in [7, 11) is 0. The van der Waals surface area contributed by atoms with Gasteiger partial charge in [0.1, 0.15) is 0 Å². The van der Waals surface area contributed by atoms with Crippen molar-refractivity contribution < 1.29 is 0 Å². The third-order valence-electron chi connectivity index (χ3n) is 3.32. The van der Waals surface area contributed by atoms with E-state index in [1.807, 2.05) is 18.4 Å². The molecule has 0 aromatic rings. The van der Waals surface area contributed by atoms with Crippen molar-refractivity contribution in [3.63, 3.8) is 0 Å². The molecule has 1 aliphatic heterocycles. The number of nitrogens with zero attached hydrogens (tertiary/aromatic N) is 1. The highest BCUT2D eigenvalue weighted by atomic mass is 14.7. The summed E-state index contributed by atoms with van der Waals surface area (Å²) >= 11 is 0. The van der Waals surface area contributed by atoms with Gasteiger partial charge in [0.15, 0.2) is 0 Å². The first-order valence-corrected chi connectivity index (χ1v) is 5.01. The van der Waals surface area contributed by atoms with Crippen LogP contribution in [0.15, 0.2) is 35.0 Å². The Morgan fingerprint density at radius 1 is 1.14 bits per heavy atom. The van der Waals surface area contributed by atoms with Crippen molar-refractivity contribution in [1.29, 1.82) is 0 Å². The molecule has 0 saturated carbocycles.